The molecule has 0 bridgehead atoms. The Morgan fingerprint density at radius 1 is 0.818 bits per heavy atom. The van der Waals surface area contributed by atoms with Gasteiger partial charge in [-0.05, 0) is 0 Å². The van der Waals surface area contributed by atoms with Gasteiger partial charge in [-0.2, -0.15) is 25.3 Å². The third-order valence-corrected chi connectivity index (χ3v) is 6.30. The fourth-order valence-corrected chi connectivity index (χ4v) is 5.40. The molecule has 4 unspecified atom stereocenters. The molecule has 16 nitrogen and oxygen atoms in total. The van der Waals surface area contributed by atoms with Gasteiger partial charge in [-0.25, -0.2) is 15.0 Å². The zero-order valence-electron chi connectivity index (χ0n) is 17.3. The first-order valence-corrected chi connectivity index (χ1v) is 14.4. The molecule has 1 fully saturated rings. The monoisotopic (exact) mass is 531 g/mol. The summed E-state index contributed by atoms with van der Waals surface area (Å²) in [5, 5.41) is 22.0. The summed E-state index contributed by atoms with van der Waals surface area (Å²) in [6.45, 7) is 0. The topological polar surface area (TPSA) is 240 Å². The lowest BCUT2D eigenvalue weighted by Crippen LogP contribution is -2.64. The first-order valence-electron chi connectivity index (χ1n) is 8.92. The smallest absolute Gasteiger partial charge is 0.264 e. The zero-order valence-corrected chi connectivity index (χ0v) is 19.7. The Morgan fingerprint density at radius 3 is 1.73 bits per heavy atom. The van der Waals surface area contributed by atoms with Gasteiger partial charge in [0.05, 0.1) is 31.1 Å². The summed E-state index contributed by atoms with van der Waals surface area (Å²) in [4.78, 5) is 11.7. The Kier molecular flexibility index (Phi) is 6.72. The van der Waals surface area contributed by atoms with Crippen LogP contribution in [0.5, 0.6) is 0 Å². The van der Waals surface area contributed by atoms with E-state index in [4.69, 9.17) is 18.3 Å². The summed E-state index contributed by atoms with van der Waals surface area (Å²) in [5.41, 5.74) is 5.79. The SMILES string of the molecule is CS(=O)(=O)OC1C(O)C(n2cnc3c(N)ncnc32)C(O)C(OS(C)(=O)=O)C1OS(C)(=O)=O. The highest BCUT2D eigenvalue weighted by Crippen LogP contribution is 2.38. The maximum atomic E-state index is 11.9. The van der Waals surface area contributed by atoms with Crippen molar-refractivity contribution >= 4 is 47.3 Å². The Hall–Kier alpha value is -2.00. The molecule has 0 radical (unpaired) electrons. The van der Waals surface area contributed by atoms with Crippen LogP contribution in [0.25, 0.3) is 11.2 Å². The Bertz CT molecular complexity index is 1310. The molecule has 2 aromatic rings. The normalized spacial score (nSPS) is 29.4. The van der Waals surface area contributed by atoms with Crippen LogP contribution in [-0.2, 0) is 42.9 Å². The number of fused-ring (bicyclic) bond motifs is 1. The third kappa shape index (κ3) is 5.74. The van der Waals surface area contributed by atoms with Crippen molar-refractivity contribution in [1.82, 2.24) is 19.5 Å². The Balaban J connectivity index is 2.22. The molecule has 4 N–H and O–H groups in total. The van der Waals surface area contributed by atoms with E-state index in [0.29, 0.717) is 18.8 Å². The van der Waals surface area contributed by atoms with Crippen LogP contribution in [0.1, 0.15) is 6.04 Å². The molecule has 33 heavy (non-hydrogen) atoms. The number of hydrogen-bond acceptors (Lipinski definition) is 15. The van der Waals surface area contributed by atoms with Gasteiger partial charge in [0.1, 0.15) is 42.4 Å². The molecule has 0 spiro atoms. The first kappa shape index (κ1) is 25.6. The molecule has 4 atom stereocenters. The van der Waals surface area contributed by atoms with Gasteiger partial charge in [0.2, 0.25) is 0 Å². The average Bonchev–Trinajstić information content (AvgIpc) is 3.04. The van der Waals surface area contributed by atoms with E-state index in [9.17, 15) is 35.5 Å². The average molecular weight is 532 g/mol. The summed E-state index contributed by atoms with van der Waals surface area (Å²) in [6, 6.07) is -1.60. The van der Waals surface area contributed by atoms with Crippen molar-refractivity contribution < 1.29 is 48.0 Å². The zero-order chi connectivity index (χ0) is 24.9. The second-order valence-electron chi connectivity index (χ2n) is 7.35. The molecule has 186 valence electrons. The van der Waals surface area contributed by atoms with Crippen LogP contribution >= 0.6 is 0 Å². The molecule has 1 aliphatic carbocycles. The predicted molar refractivity (Wildman–Crippen MR) is 110 cm³/mol. The summed E-state index contributed by atoms with van der Waals surface area (Å²) in [6.07, 6.45) is -6.17. The number of anilines is 1. The van der Waals surface area contributed by atoms with Crippen LogP contribution in [0.4, 0.5) is 5.82 Å². The van der Waals surface area contributed by atoms with Crippen LogP contribution in [-0.4, -0.2) is 104 Å². The van der Waals surface area contributed by atoms with E-state index in [1.165, 1.54) is 0 Å². The van der Waals surface area contributed by atoms with Crippen molar-refractivity contribution in [2.24, 2.45) is 0 Å². The van der Waals surface area contributed by atoms with Crippen LogP contribution in [0, 0.1) is 0 Å². The van der Waals surface area contributed by atoms with Gasteiger partial charge in [0.15, 0.2) is 11.5 Å². The molecular weight excluding hydrogens is 510 g/mol. The third-order valence-electron chi connectivity index (χ3n) is 4.59. The van der Waals surface area contributed by atoms with Gasteiger partial charge in [-0.1, -0.05) is 0 Å². The standard InChI is InChI=1S/C14H21N5O11S3/c1-31(22,23)28-10-8(20)7(19-5-18-6-13(15)16-4-17-14(6)19)9(21)11(29-32(2,24)25)12(10)30-33(3,26)27/h4-5,7-12,20-21H,1-3H3,(H2,15,16,17). The van der Waals surface area contributed by atoms with Crippen LogP contribution in [0.3, 0.4) is 0 Å². The van der Waals surface area contributed by atoms with Crippen molar-refractivity contribution in [3.63, 3.8) is 0 Å². The van der Waals surface area contributed by atoms with Crippen molar-refractivity contribution in [3.05, 3.63) is 12.7 Å². The van der Waals surface area contributed by atoms with Gasteiger partial charge in [0, 0.05) is 0 Å². The van der Waals surface area contributed by atoms with Crippen LogP contribution in [0.15, 0.2) is 12.7 Å². The van der Waals surface area contributed by atoms with E-state index in [0.717, 1.165) is 17.2 Å². The number of aliphatic hydroxyl groups is 2. The van der Waals surface area contributed by atoms with Crippen molar-refractivity contribution in [3.8, 4) is 0 Å². The number of aromatic nitrogens is 4. The number of nitrogen functional groups attached to an aromatic ring is 1. The molecule has 1 saturated carbocycles. The lowest BCUT2D eigenvalue weighted by molar-refractivity contribution is -0.172. The minimum absolute atomic E-state index is 0.00991. The number of aliphatic hydroxyl groups excluding tert-OH is 2. The van der Waals surface area contributed by atoms with Gasteiger partial charge in [0.25, 0.3) is 30.4 Å². The van der Waals surface area contributed by atoms with Gasteiger partial charge >= 0.3 is 0 Å². The van der Waals surface area contributed by atoms with Crippen LogP contribution in [0.2, 0.25) is 0 Å². The highest BCUT2D eigenvalue weighted by atomic mass is 32.2. The predicted octanol–water partition coefficient (Wildman–Crippen LogP) is -3.28. The van der Waals surface area contributed by atoms with E-state index >= 15 is 0 Å². The van der Waals surface area contributed by atoms with Crippen molar-refractivity contribution in [2.45, 2.75) is 36.6 Å². The summed E-state index contributed by atoms with van der Waals surface area (Å²) in [7, 11) is -13.1. The number of rotatable bonds is 7. The second-order valence-corrected chi connectivity index (χ2v) is 12.2. The fraction of sp³-hybridized carbons (Fsp3) is 0.643. The number of nitrogens with zero attached hydrogens (tertiary/aromatic N) is 4. The van der Waals surface area contributed by atoms with Crippen molar-refractivity contribution in [1.29, 1.82) is 0 Å². The molecule has 1 aliphatic rings. The minimum atomic E-state index is -4.39. The second kappa shape index (κ2) is 8.65. The number of imidazole rings is 1. The Morgan fingerprint density at radius 2 is 1.27 bits per heavy atom. The maximum Gasteiger partial charge on any atom is 0.264 e. The lowest BCUT2D eigenvalue weighted by atomic mass is 9.83. The number of hydrogen-bond donors (Lipinski definition) is 3. The summed E-state index contributed by atoms with van der Waals surface area (Å²) in [5.74, 6) is -0.0512. The van der Waals surface area contributed by atoms with Gasteiger partial charge in [-0.15, -0.1) is 0 Å². The first-order chi connectivity index (χ1) is 15.0. The lowest BCUT2D eigenvalue weighted by Gasteiger charge is -2.45. The highest BCUT2D eigenvalue weighted by Gasteiger charge is 2.56. The number of nitrogens with two attached hydrogens (primary N) is 1. The molecule has 3 rings (SSSR count). The highest BCUT2D eigenvalue weighted by molar-refractivity contribution is 7.86. The largest absolute Gasteiger partial charge is 0.388 e. The van der Waals surface area contributed by atoms with E-state index in [-0.39, 0.29) is 17.0 Å². The molecular formula is C14H21N5O11S3. The molecule has 0 aliphatic heterocycles. The quantitative estimate of drug-likeness (QED) is 0.297. The molecule has 19 heteroatoms. The van der Waals surface area contributed by atoms with Gasteiger partial charge < -0.3 is 20.5 Å². The fourth-order valence-electron chi connectivity index (χ4n) is 3.52. The molecule has 0 saturated heterocycles. The maximum absolute atomic E-state index is 11.9. The molecule has 2 aromatic heterocycles. The van der Waals surface area contributed by atoms with Crippen LogP contribution < -0.4 is 5.73 Å². The van der Waals surface area contributed by atoms with Gasteiger partial charge in [-0.3, -0.25) is 12.5 Å². The van der Waals surface area contributed by atoms with E-state index in [2.05, 4.69) is 15.0 Å². The van der Waals surface area contributed by atoms with E-state index in [1.54, 1.807) is 0 Å². The van der Waals surface area contributed by atoms with E-state index in [1.807, 2.05) is 0 Å². The minimum Gasteiger partial charge on any atom is -0.388 e. The van der Waals surface area contributed by atoms with E-state index < -0.39 is 66.9 Å². The molecule has 0 amide bonds. The van der Waals surface area contributed by atoms with Crippen molar-refractivity contribution in [2.75, 3.05) is 24.5 Å². The summed E-state index contributed by atoms with van der Waals surface area (Å²) < 4.78 is 86.7. The molecule has 2 heterocycles. The summed E-state index contributed by atoms with van der Waals surface area (Å²) >= 11 is 0. The molecule has 0 aromatic carbocycles. The Labute approximate surface area is 188 Å².